The number of ether oxygens (including phenoxy) is 1. The van der Waals surface area contributed by atoms with Crippen LogP contribution in [0.5, 0.6) is 0 Å². The molecule has 0 saturated carbocycles. The Balaban J connectivity index is 2.16. The number of imidazole rings is 1. The van der Waals surface area contributed by atoms with E-state index in [-0.39, 0.29) is 12.5 Å². The highest BCUT2D eigenvalue weighted by molar-refractivity contribution is 5.75. The van der Waals surface area contributed by atoms with Gasteiger partial charge in [0.2, 0.25) is 0 Å². The minimum Gasteiger partial charge on any atom is -0.465 e. The fourth-order valence-electron chi connectivity index (χ4n) is 2.32. The summed E-state index contributed by atoms with van der Waals surface area (Å²) in [5.74, 6) is 0.651. The third-order valence-corrected chi connectivity index (χ3v) is 3.32. The largest absolute Gasteiger partial charge is 0.465 e. The topological polar surface area (TPSA) is 55.6 Å². The molecule has 1 N–H and O–H groups in total. The zero-order valence-electron chi connectivity index (χ0n) is 12.8. The van der Waals surface area contributed by atoms with Crippen LogP contribution in [0.4, 0.5) is 5.82 Å². The summed E-state index contributed by atoms with van der Waals surface area (Å²) in [6.45, 7) is 4.56. The molecule has 2 rings (SSSR count). The van der Waals surface area contributed by atoms with Crippen molar-refractivity contribution in [1.82, 2.24) is 9.38 Å². The van der Waals surface area contributed by atoms with E-state index in [1.54, 1.807) is 0 Å². The summed E-state index contributed by atoms with van der Waals surface area (Å²) in [7, 11) is 0. The van der Waals surface area contributed by atoms with Crippen molar-refractivity contribution in [2.45, 2.75) is 39.5 Å². The second-order valence-corrected chi connectivity index (χ2v) is 4.95. The minimum atomic E-state index is -0.247. The minimum absolute atomic E-state index is 0.164. The molecule has 0 atom stereocenters. The summed E-state index contributed by atoms with van der Waals surface area (Å²) in [6.07, 6.45) is 6.35. The van der Waals surface area contributed by atoms with Crippen molar-refractivity contribution in [2.75, 3.05) is 18.5 Å². The van der Waals surface area contributed by atoms with Crippen LogP contribution in [-0.4, -0.2) is 28.5 Å². The lowest BCUT2D eigenvalue weighted by molar-refractivity contribution is -0.140. The van der Waals surface area contributed by atoms with Gasteiger partial charge in [0.15, 0.2) is 0 Å². The molecule has 5 nitrogen and oxygen atoms in total. The molecule has 2 aromatic rings. The van der Waals surface area contributed by atoms with Crippen LogP contribution in [-0.2, 0) is 16.0 Å². The van der Waals surface area contributed by atoms with Crippen LogP contribution >= 0.6 is 0 Å². The second-order valence-electron chi connectivity index (χ2n) is 4.95. The van der Waals surface area contributed by atoms with Gasteiger partial charge in [0.25, 0.3) is 0 Å². The van der Waals surface area contributed by atoms with Crippen LogP contribution in [0.15, 0.2) is 24.4 Å². The molecule has 0 unspecified atom stereocenters. The van der Waals surface area contributed by atoms with Crippen molar-refractivity contribution in [1.29, 1.82) is 0 Å². The lowest BCUT2D eigenvalue weighted by Crippen LogP contribution is -2.18. The molecule has 0 aliphatic heterocycles. The number of hydrogen-bond acceptors (Lipinski definition) is 4. The van der Waals surface area contributed by atoms with Gasteiger partial charge in [-0.2, -0.15) is 0 Å². The summed E-state index contributed by atoms with van der Waals surface area (Å²) in [5, 5.41) is 3.17. The summed E-state index contributed by atoms with van der Waals surface area (Å²) in [4.78, 5) is 16.2. The molecule has 0 aliphatic carbocycles. The average molecular weight is 289 g/mol. The van der Waals surface area contributed by atoms with Crippen molar-refractivity contribution < 1.29 is 9.53 Å². The van der Waals surface area contributed by atoms with Crippen molar-refractivity contribution in [3.05, 3.63) is 30.1 Å². The standard InChI is InChI=1S/C16H23N3O2/c1-3-5-6-9-13-16(17-12-15(20)21-4-2)19-11-8-7-10-14(19)18-13/h7-8,10-11,17H,3-6,9,12H2,1-2H3. The van der Waals surface area contributed by atoms with Gasteiger partial charge in [0.05, 0.1) is 12.3 Å². The van der Waals surface area contributed by atoms with Gasteiger partial charge in [-0.1, -0.05) is 25.8 Å². The summed E-state index contributed by atoms with van der Waals surface area (Å²) >= 11 is 0. The maximum atomic E-state index is 11.5. The van der Waals surface area contributed by atoms with E-state index in [1.165, 1.54) is 12.8 Å². The van der Waals surface area contributed by atoms with E-state index < -0.39 is 0 Å². The first kappa shape index (κ1) is 15.4. The number of anilines is 1. The van der Waals surface area contributed by atoms with Crippen LogP contribution in [0.2, 0.25) is 0 Å². The summed E-state index contributed by atoms with van der Waals surface area (Å²) in [5.41, 5.74) is 1.91. The molecular weight excluding hydrogens is 266 g/mol. The number of aryl methyl sites for hydroxylation is 1. The van der Waals surface area contributed by atoms with Crippen molar-refractivity contribution in [3.8, 4) is 0 Å². The number of nitrogens with one attached hydrogen (secondary N) is 1. The smallest absolute Gasteiger partial charge is 0.325 e. The van der Waals surface area contributed by atoms with Crippen molar-refractivity contribution >= 4 is 17.4 Å². The van der Waals surface area contributed by atoms with Crippen molar-refractivity contribution in [3.63, 3.8) is 0 Å². The van der Waals surface area contributed by atoms with Crippen LogP contribution in [0, 0.1) is 0 Å². The van der Waals surface area contributed by atoms with E-state index >= 15 is 0 Å². The van der Waals surface area contributed by atoms with E-state index in [0.29, 0.717) is 6.61 Å². The highest BCUT2D eigenvalue weighted by Gasteiger charge is 2.12. The predicted molar refractivity (Wildman–Crippen MR) is 83.5 cm³/mol. The highest BCUT2D eigenvalue weighted by Crippen LogP contribution is 2.20. The quantitative estimate of drug-likeness (QED) is 0.599. The predicted octanol–water partition coefficient (Wildman–Crippen LogP) is 3.04. The van der Waals surface area contributed by atoms with Gasteiger partial charge in [-0.3, -0.25) is 9.20 Å². The maximum absolute atomic E-state index is 11.5. The van der Waals surface area contributed by atoms with Crippen LogP contribution < -0.4 is 5.32 Å². The average Bonchev–Trinajstić information content (AvgIpc) is 2.83. The Labute approximate surface area is 125 Å². The Morgan fingerprint density at radius 2 is 2.19 bits per heavy atom. The number of carbonyl (C=O) groups is 1. The molecule has 21 heavy (non-hydrogen) atoms. The molecule has 5 heteroatoms. The number of hydrogen-bond donors (Lipinski definition) is 1. The fourth-order valence-corrected chi connectivity index (χ4v) is 2.32. The monoisotopic (exact) mass is 289 g/mol. The third-order valence-electron chi connectivity index (χ3n) is 3.32. The molecular formula is C16H23N3O2. The van der Waals surface area contributed by atoms with Gasteiger partial charge in [0, 0.05) is 6.20 Å². The molecule has 0 saturated heterocycles. The lowest BCUT2D eigenvalue weighted by Gasteiger charge is -2.08. The number of unbranched alkanes of at least 4 members (excludes halogenated alkanes) is 2. The lowest BCUT2D eigenvalue weighted by atomic mass is 10.1. The van der Waals surface area contributed by atoms with E-state index in [1.807, 2.05) is 35.7 Å². The van der Waals surface area contributed by atoms with Crippen molar-refractivity contribution in [2.24, 2.45) is 0 Å². The molecule has 0 fully saturated rings. The van der Waals surface area contributed by atoms with Crippen LogP contribution in [0.3, 0.4) is 0 Å². The summed E-state index contributed by atoms with van der Waals surface area (Å²) < 4.78 is 6.95. The van der Waals surface area contributed by atoms with E-state index in [0.717, 1.165) is 30.0 Å². The molecule has 0 aliphatic rings. The first-order valence-electron chi connectivity index (χ1n) is 7.61. The van der Waals surface area contributed by atoms with Gasteiger partial charge in [0.1, 0.15) is 18.0 Å². The fraction of sp³-hybridized carbons (Fsp3) is 0.500. The number of pyridine rings is 1. The molecule has 0 bridgehead atoms. The Hall–Kier alpha value is -2.04. The van der Waals surface area contributed by atoms with Gasteiger partial charge in [-0.05, 0) is 31.9 Å². The Morgan fingerprint density at radius 1 is 1.33 bits per heavy atom. The Morgan fingerprint density at radius 3 is 2.95 bits per heavy atom. The maximum Gasteiger partial charge on any atom is 0.325 e. The molecule has 2 heterocycles. The van der Waals surface area contributed by atoms with E-state index in [2.05, 4.69) is 17.2 Å². The normalized spacial score (nSPS) is 10.8. The number of carbonyl (C=O) groups excluding carboxylic acids is 1. The molecule has 114 valence electrons. The van der Waals surface area contributed by atoms with Crippen LogP contribution in [0.1, 0.15) is 38.8 Å². The van der Waals surface area contributed by atoms with Crippen LogP contribution in [0.25, 0.3) is 5.65 Å². The van der Waals surface area contributed by atoms with Gasteiger partial charge >= 0.3 is 5.97 Å². The second kappa shape index (κ2) is 7.67. The molecule has 0 radical (unpaired) electrons. The number of nitrogens with zero attached hydrogens (tertiary/aromatic N) is 2. The Bertz CT molecular complexity index is 592. The van der Waals surface area contributed by atoms with E-state index in [9.17, 15) is 4.79 Å². The highest BCUT2D eigenvalue weighted by atomic mass is 16.5. The van der Waals surface area contributed by atoms with Gasteiger partial charge in [-0.15, -0.1) is 0 Å². The number of fused-ring (bicyclic) bond motifs is 1. The molecule has 0 amide bonds. The zero-order valence-corrected chi connectivity index (χ0v) is 12.8. The molecule has 2 aromatic heterocycles. The molecule has 0 spiro atoms. The Kier molecular flexibility index (Phi) is 5.60. The first-order valence-corrected chi connectivity index (χ1v) is 7.61. The third kappa shape index (κ3) is 3.97. The summed E-state index contributed by atoms with van der Waals surface area (Å²) in [6, 6.07) is 5.90. The SMILES string of the molecule is CCCCCc1nc2ccccn2c1NCC(=O)OCC. The number of aromatic nitrogens is 2. The molecule has 0 aromatic carbocycles. The first-order chi connectivity index (χ1) is 10.3. The van der Waals surface area contributed by atoms with E-state index in [4.69, 9.17) is 4.74 Å². The number of esters is 1. The van der Waals surface area contributed by atoms with Gasteiger partial charge < -0.3 is 10.1 Å². The number of rotatable bonds is 8. The zero-order chi connectivity index (χ0) is 15.1. The van der Waals surface area contributed by atoms with Gasteiger partial charge in [-0.25, -0.2) is 4.98 Å².